The van der Waals surface area contributed by atoms with Crippen molar-refractivity contribution in [1.29, 1.82) is 0 Å². The van der Waals surface area contributed by atoms with Gasteiger partial charge in [0.1, 0.15) is 12.7 Å². The first kappa shape index (κ1) is 19.4. The number of rotatable bonds is 3. The average Bonchev–Trinajstić information content (AvgIpc) is 3.37. The topological polar surface area (TPSA) is 51.1 Å². The highest BCUT2D eigenvalue weighted by atomic mass is 16.6. The van der Waals surface area contributed by atoms with Gasteiger partial charge in [0, 0.05) is 12.5 Å². The van der Waals surface area contributed by atoms with E-state index in [2.05, 4.69) is 32.9 Å². The molecule has 2 saturated carbocycles. The van der Waals surface area contributed by atoms with E-state index < -0.39 is 0 Å². The van der Waals surface area contributed by atoms with E-state index in [-0.39, 0.29) is 41.0 Å². The summed E-state index contributed by atoms with van der Waals surface area (Å²) in [6.45, 7) is 8.24. The zero-order chi connectivity index (χ0) is 21.4. The summed E-state index contributed by atoms with van der Waals surface area (Å²) in [4.78, 5) is 20.1. The van der Waals surface area contributed by atoms with Crippen molar-refractivity contribution in [2.75, 3.05) is 6.54 Å². The normalized spacial score (nSPS) is 41.1. The van der Waals surface area contributed by atoms with Gasteiger partial charge in [-0.3, -0.25) is 0 Å². The Kier molecular flexibility index (Phi) is 4.13. The van der Waals surface area contributed by atoms with Crippen molar-refractivity contribution in [3.63, 3.8) is 0 Å². The van der Waals surface area contributed by atoms with Crippen molar-refractivity contribution in [2.24, 2.45) is 33.6 Å². The third-order valence-electron chi connectivity index (χ3n) is 9.35. The second kappa shape index (κ2) is 6.60. The third-order valence-corrected chi connectivity index (χ3v) is 9.35. The molecule has 7 atom stereocenters. The molecule has 4 bridgehead atoms. The number of piperidine rings is 1. The van der Waals surface area contributed by atoms with E-state index in [9.17, 15) is 4.79 Å². The van der Waals surface area contributed by atoms with Crippen LogP contribution in [0.25, 0.3) is 0 Å². The highest BCUT2D eigenvalue weighted by molar-refractivity contribution is 5.84. The van der Waals surface area contributed by atoms with Crippen molar-refractivity contribution in [2.45, 2.75) is 64.8 Å². The molecule has 1 saturated heterocycles. The summed E-state index contributed by atoms with van der Waals surface area (Å²) >= 11 is 0. The molecule has 7 rings (SSSR count). The van der Waals surface area contributed by atoms with Gasteiger partial charge >= 0.3 is 6.09 Å². The number of hydrogen-bond acceptors (Lipinski definition) is 4. The van der Waals surface area contributed by atoms with E-state index >= 15 is 0 Å². The summed E-state index contributed by atoms with van der Waals surface area (Å²) in [7, 11) is 0. The molecule has 1 aromatic carbocycles. The molecule has 3 fully saturated rings. The van der Waals surface area contributed by atoms with Gasteiger partial charge in [-0.15, -0.1) is 0 Å². The minimum Gasteiger partial charge on any atom is -0.475 e. The van der Waals surface area contributed by atoms with Crippen LogP contribution in [0.1, 0.15) is 45.6 Å². The van der Waals surface area contributed by atoms with E-state index in [0.29, 0.717) is 18.4 Å². The molecule has 3 aliphatic carbocycles. The molecule has 6 aliphatic rings. The fourth-order valence-electron chi connectivity index (χ4n) is 7.13. The lowest BCUT2D eigenvalue weighted by Gasteiger charge is -2.45. The molecule has 3 heterocycles. The first-order chi connectivity index (χ1) is 14.9. The Labute approximate surface area is 184 Å². The number of nitrogens with zero attached hydrogens (tertiary/aromatic N) is 2. The fraction of sp³-hybridized carbons (Fsp3) is 0.615. The Bertz CT molecular complexity index is 955. The van der Waals surface area contributed by atoms with Crippen LogP contribution < -0.4 is 0 Å². The van der Waals surface area contributed by atoms with Crippen molar-refractivity contribution in [3.05, 3.63) is 48.0 Å². The molecule has 1 aromatic rings. The second-order valence-electron chi connectivity index (χ2n) is 10.9. The van der Waals surface area contributed by atoms with E-state index in [1.54, 1.807) is 0 Å². The van der Waals surface area contributed by atoms with Crippen LogP contribution in [0, 0.1) is 28.6 Å². The summed E-state index contributed by atoms with van der Waals surface area (Å²) in [5, 5.41) is 0. The molecule has 3 aliphatic heterocycles. The van der Waals surface area contributed by atoms with Crippen molar-refractivity contribution < 1.29 is 14.3 Å². The fourth-order valence-corrected chi connectivity index (χ4v) is 7.13. The standard InChI is InChI=1S/C26H32N2O3/c1-25(2)19-11-12-26(25,3)22-21(19)31-23(27-22)18-13-17-9-10-20(18)28(14-17)24(29)30-15-16-7-5-4-6-8-16/h4-10,17-22H,11-15H2,1-3H3/t17-,18+,19+,20+,21+,22+,26-/m0/s1. The molecule has 0 unspecified atom stereocenters. The van der Waals surface area contributed by atoms with E-state index in [1.165, 1.54) is 12.8 Å². The molecule has 0 spiro atoms. The number of carbonyl (C=O) groups is 1. The van der Waals surface area contributed by atoms with Gasteiger partial charge in [-0.2, -0.15) is 0 Å². The Morgan fingerprint density at radius 1 is 1.23 bits per heavy atom. The largest absolute Gasteiger partial charge is 0.475 e. The smallest absolute Gasteiger partial charge is 0.410 e. The Balaban J connectivity index is 1.20. The molecule has 0 radical (unpaired) electrons. The first-order valence-electron chi connectivity index (χ1n) is 11.8. The maximum Gasteiger partial charge on any atom is 0.410 e. The summed E-state index contributed by atoms with van der Waals surface area (Å²) in [5.41, 5.74) is 1.49. The van der Waals surface area contributed by atoms with Crippen LogP contribution in [-0.2, 0) is 16.1 Å². The van der Waals surface area contributed by atoms with Crippen molar-refractivity contribution in [1.82, 2.24) is 4.90 Å². The van der Waals surface area contributed by atoms with Gasteiger partial charge in [0.05, 0.1) is 18.0 Å². The van der Waals surface area contributed by atoms with Gasteiger partial charge in [0.15, 0.2) is 5.90 Å². The number of amides is 1. The third kappa shape index (κ3) is 2.68. The molecule has 31 heavy (non-hydrogen) atoms. The molecule has 5 heteroatoms. The predicted octanol–water partition coefficient (Wildman–Crippen LogP) is 4.82. The molecule has 5 nitrogen and oxygen atoms in total. The van der Waals surface area contributed by atoms with Crippen LogP contribution in [0.15, 0.2) is 47.5 Å². The molecular weight excluding hydrogens is 388 g/mol. The Morgan fingerprint density at radius 3 is 2.77 bits per heavy atom. The SMILES string of the molecule is CC1(C)[C@@H]2CC[C@@]1(C)[C@@H]1N=C([C@@H]3C[C@@H]4C=C[C@H]3N(C(=O)OCc3ccccc3)C4)O[C@H]21. The lowest BCUT2D eigenvalue weighted by molar-refractivity contribution is 0.0478. The molecular formula is C26H32N2O3. The lowest BCUT2D eigenvalue weighted by Crippen LogP contribution is -2.55. The van der Waals surface area contributed by atoms with Gasteiger partial charge < -0.3 is 14.4 Å². The average molecular weight is 421 g/mol. The number of fused-ring (bicyclic) bond motifs is 7. The Morgan fingerprint density at radius 2 is 2.03 bits per heavy atom. The summed E-state index contributed by atoms with van der Waals surface area (Å²) in [6.07, 6.45) is 7.89. The minimum absolute atomic E-state index is 0.0238. The highest BCUT2D eigenvalue weighted by Gasteiger charge is 2.69. The predicted molar refractivity (Wildman–Crippen MR) is 119 cm³/mol. The molecule has 0 aromatic heterocycles. The van der Waals surface area contributed by atoms with Gasteiger partial charge in [-0.1, -0.05) is 63.3 Å². The maximum atomic E-state index is 13.0. The highest BCUT2D eigenvalue weighted by Crippen LogP contribution is 2.68. The van der Waals surface area contributed by atoms with Crippen LogP contribution in [-0.4, -0.2) is 41.6 Å². The minimum atomic E-state index is -0.236. The summed E-state index contributed by atoms with van der Waals surface area (Å²) < 4.78 is 12.3. The number of ether oxygens (including phenoxy) is 2. The van der Waals surface area contributed by atoms with Crippen molar-refractivity contribution in [3.8, 4) is 0 Å². The van der Waals surface area contributed by atoms with Crippen LogP contribution in [0.5, 0.6) is 0 Å². The summed E-state index contributed by atoms with van der Waals surface area (Å²) in [6, 6.07) is 10.1. The van der Waals surface area contributed by atoms with Crippen LogP contribution in [0.2, 0.25) is 0 Å². The molecule has 164 valence electrons. The van der Waals surface area contributed by atoms with Gasteiger partial charge in [-0.05, 0) is 41.6 Å². The van der Waals surface area contributed by atoms with Crippen LogP contribution in [0.3, 0.4) is 0 Å². The van der Waals surface area contributed by atoms with Crippen LogP contribution in [0.4, 0.5) is 4.79 Å². The van der Waals surface area contributed by atoms with E-state index in [4.69, 9.17) is 14.5 Å². The number of benzene rings is 1. The van der Waals surface area contributed by atoms with Crippen LogP contribution >= 0.6 is 0 Å². The molecule has 0 N–H and O–H groups in total. The first-order valence-corrected chi connectivity index (χ1v) is 11.8. The maximum absolute atomic E-state index is 13.0. The van der Waals surface area contributed by atoms with Gasteiger partial charge in [0.25, 0.3) is 0 Å². The zero-order valence-electron chi connectivity index (χ0n) is 18.7. The zero-order valence-corrected chi connectivity index (χ0v) is 18.7. The number of aliphatic imine (C=N–C) groups is 1. The quantitative estimate of drug-likeness (QED) is 0.659. The summed E-state index contributed by atoms with van der Waals surface area (Å²) in [5.74, 6) is 1.95. The van der Waals surface area contributed by atoms with E-state index in [1.807, 2.05) is 35.2 Å². The van der Waals surface area contributed by atoms with E-state index in [0.717, 1.165) is 24.4 Å². The monoisotopic (exact) mass is 420 g/mol. The number of carbonyl (C=O) groups excluding carboxylic acids is 1. The van der Waals surface area contributed by atoms with Crippen molar-refractivity contribution >= 4 is 12.0 Å². The second-order valence-corrected chi connectivity index (χ2v) is 10.9. The number of hydrogen-bond donors (Lipinski definition) is 0. The Hall–Kier alpha value is -2.30. The molecule has 1 amide bonds. The van der Waals surface area contributed by atoms with Gasteiger partial charge in [0.2, 0.25) is 0 Å². The lowest BCUT2D eigenvalue weighted by atomic mass is 9.69. The van der Waals surface area contributed by atoms with Gasteiger partial charge in [-0.25, -0.2) is 9.79 Å².